The second-order valence-electron chi connectivity index (χ2n) is 5.61. The van der Waals surface area contributed by atoms with E-state index < -0.39 is 0 Å². The summed E-state index contributed by atoms with van der Waals surface area (Å²) in [5.74, 6) is 0.481. The van der Waals surface area contributed by atoms with Crippen LogP contribution in [-0.2, 0) is 9.53 Å². The van der Waals surface area contributed by atoms with Crippen LogP contribution in [0.3, 0.4) is 0 Å². The van der Waals surface area contributed by atoms with E-state index in [0.717, 1.165) is 37.8 Å². The first kappa shape index (κ1) is 16.5. The van der Waals surface area contributed by atoms with Gasteiger partial charge in [0.25, 0.3) is 0 Å². The minimum Gasteiger partial charge on any atom is -0.466 e. The van der Waals surface area contributed by atoms with E-state index in [0.29, 0.717) is 12.5 Å². The Bertz CT molecular complexity index is 438. The molecule has 0 aromatic heterocycles. The van der Waals surface area contributed by atoms with Crippen molar-refractivity contribution in [2.24, 2.45) is 5.92 Å². The third-order valence-electron chi connectivity index (χ3n) is 4.06. The molecule has 116 valence electrons. The molecule has 2 atom stereocenters. The maximum absolute atomic E-state index is 11.9. The van der Waals surface area contributed by atoms with Crippen molar-refractivity contribution in [2.75, 3.05) is 31.6 Å². The van der Waals surface area contributed by atoms with E-state index in [4.69, 9.17) is 4.74 Å². The molecule has 0 spiro atoms. The average Bonchev–Trinajstić information content (AvgIpc) is 2.54. The van der Waals surface area contributed by atoms with Crippen molar-refractivity contribution < 1.29 is 9.53 Å². The summed E-state index contributed by atoms with van der Waals surface area (Å²) in [6, 6.07) is 10.6. The monoisotopic (exact) mass is 353 g/mol. The quantitative estimate of drug-likeness (QED) is 0.579. The third-order valence-corrected chi connectivity index (χ3v) is 4.84. The molecule has 0 aliphatic carbocycles. The van der Waals surface area contributed by atoms with Gasteiger partial charge >= 0.3 is 5.97 Å². The maximum Gasteiger partial charge on any atom is 0.310 e. The highest BCUT2D eigenvalue weighted by Gasteiger charge is 2.28. The first-order valence-corrected chi connectivity index (χ1v) is 8.86. The first-order valence-electron chi connectivity index (χ1n) is 7.74. The van der Waals surface area contributed by atoms with E-state index in [2.05, 4.69) is 45.1 Å². The number of alkyl halides is 1. The number of carbonyl (C=O) groups is 1. The highest BCUT2D eigenvalue weighted by atomic mass is 79.9. The molecule has 0 N–H and O–H groups in total. The first-order chi connectivity index (χ1) is 10.2. The fourth-order valence-electron chi connectivity index (χ4n) is 2.95. The summed E-state index contributed by atoms with van der Waals surface area (Å²) >= 11 is 3.63. The number of ether oxygens (including phenoxy) is 1. The molecule has 2 rings (SSSR count). The molecule has 0 bridgehead atoms. The van der Waals surface area contributed by atoms with E-state index in [9.17, 15) is 4.79 Å². The molecule has 3 nitrogen and oxygen atoms in total. The molecule has 21 heavy (non-hydrogen) atoms. The Morgan fingerprint density at radius 1 is 1.43 bits per heavy atom. The molecule has 1 aliphatic rings. The zero-order valence-corrected chi connectivity index (χ0v) is 14.2. The van der Waals surface area contributed by atoms with Crippen molar-refractivity contribution in [1.82, 2.24) is 4.90 Å². The van der Waals surface area contributed by atoms with Crippen molar-refractivity contribution in [2.45, 2.75) is 25.7 Å². The molecule has 0 amide bonds. The van der Waals surface area contributed by atoms with Gasteiger partial charge in [-0.2, -0.15) is 0 Å². The predicted molar refractivity (Wildman–Crippen MR) is 88.8 cm³/mol. The number of esters is 1. The van der Waals surface area contributed by atoms with Gasteiger partial charge in [0.15, 0.2) is 0 Å². The zero-order chi connectivity index (χ0) is 15.1. The molecule has 0 radical (unpaired) electrons. The number of likely N-dealkylation sites (tertiary alicyclic amines) is 1. The van der Waals surface area contributed by atoms with E-state index >= 15 is 0 Å². The molecule has 2 unspecified atom stereocenters. The Kier molecular flexibility index (Phi) is 6.71. The lowest BCUT2D eigenvalue weighted by molar-refractivity contribution is -0.149. The molecular formula is C17H24BrNO2. The standard InChI is InChI=1S/C17H24BrNO2/c1-2-21-17(20)15-9-6-10-19(12-15)13-16(11-18)14-7-4-3-5-8-14/h3-5,7-8,15-16H,2,6,9-13H2,1H3. The fourth-order valence-corrected chi connectivity index (χ4v) is 3.53. The molecule has 1 aliphatic heterocycles. The van der Waals surface area contributed by atoms with Gasteiger partial charge in [0.1, 0.15) is 0 Å². The molecule has 1 aromatic rings. The minimum atomic E-state index is -0.0303. The second-order valence-corrected chi connectivity index (χ2v) is 6.26. The van der Waals surface area contributed by atoms with Gasteiger partial charge < -0.3 is 9.64 Å². The fraction of sp³-hybridized carbons (Fsp3) is 0.588. The van der Waals surface area contributed by atoms with Gasteiger partial charge in [0.2, 0.25) is 0 Å². The van der Waals surface area contributed by atoms with E-state index in [1.807, 2.05) is 13.0 Å². The highest BCUT2D eigenvalue weighted by molar-refractivity contribution is 9.09. The van der Waals surface area contributed by atoms with Gasteiger partial charge in [-0.3, -0.25) is 4.79 Å². The molecule has 1 aromatic carbocycles. The summed E-state index contributed by atoms with van der Waals surface area (Å²) in [6.07, 6.45) is 2.03. The van der Waals surface area contributed by atoms with Crippen LogP contribution in [0.1, 0.15) is 31.2 Å². The number of nitrogens with zero attached hydrogens (tertiary/aromatic N) is 1. The Balaban J connectivity index is 1.93. The summed E-state index contributed by atoms with van der Waals surface area (Å²) < 4.78 is 5.17. The minimum absolute atomic E-state index is 0.0303. The SMILES string of the molecule is CCOC(=O)C1CCCN(CC(CBr)c2ccccc2)C1. The lowest BCUT2D eigenvalue weighted by Crippen LogP contribution is -2.41. The van der Waals surface area contributed by atoms with Crippen LogP contribution in [0.2, 0.25) is 0 Å². The predicted octanol–water partition coefficient (Wildman–Crippen LogP) is 3.44. The van der Waals surface area contributed by atoms with Crippen LogP contribution in [0.5, 0.6) is 0 Å². The van der Waals surface area contributed by atoms with Crippen LogP contribution in [0.4, 0.5) is 0 Å². The van der Waals surface area contributed by atoms with Gasteiger partial charge in [0.05, 0.1) is 12.5 Å². The zero-order valence-electron chi connectivity index (χ0n) is 12.6. The normalized spacial score (nSPS) is 21.0. The molecule has 1 fully saturated rings. The molecule has 1 saturated heterocycles. The van der Waals surface area contributed by atoms with Crippen LogP contribution < -0.4 is 0 Å². The van der Waals surface area contributed by atoms with Crippen LogP contribution in [0.15, 0.2) is 30.3 Å². The summed E-state index contributed by atoms with van der Waals surface area (Å²) in [4.78, 5) is 14.3. The molecule has 0 saturated carbocycles. The van der Waals surface area contributed by atoms with Gasteiger partial charge in [-0.15, -0.1) is 0 Å². The highest BCUT2D eigenvalue weighted by Crippen LogP contribution is 2.24. The second kappa shape index (κ2) is 8.54. The Morgan fingerprint density at radius 2 is 2.19 bits per heavy atom. The molecular weight excluding hydrogens is 330 g/mol. The topological polar surface area (TPSA) is 29.5 Å². The Labute approximate surface area is 135 Å². The Morgan fingerprint density at radius 3 is 2.86 bits per heavy atom. The number of halogens is 1. The molecule has 1 heterocycles. The van der Waals surface area contributed by atoms with E-state index in [-0.39, 0.29) is 11.9 Å². The number of rotatable bonds is 6. The van der Waals surface area contributed by atoms with Crippen LogP contribution in [-0.4, -0.2) is 42.4 Å². The number of piperidine rings is 1. The van der Waals surface area contributed by atoms with Crippen molar-refractivity contribution in [3.63, 3.8) is 0 Å². The van der Waals surface area contributed by atoms with E-state index in [1.54, 1.807) is 0 Å². The van der Waals surface area contributed by atoms with Crippen molar-refractivity contribution in [3.05, 3.63) is 35.9 Å². The summed E-state index contributed by atoms with van der Waals surface area (Å²) in [5.41, 5.74) is 1.35. The largest absolute Gasteiger partial charge is 0.466 e. The van der Waals surface area contributed by atoms with Crippen molar-refractivity contribution in [1.29, 1.82) is 0 Å². The number of hydrogen-bond donors (Lipinski definition) is 0. The van der Waals surface area contributed by atoms with Gasteiger partial charge in [-0.05, 0) is 31.9 Å². The Hall–Kier alpha value is -0.870. The van der Waals surface area contributed by atoms with E-state index in [1.165, 1.54) is 5.56 Å². The van der Waals surface area contributed by atoms with Crippen LogP contribution >= 0.6 is 15.9 Å². The van der Waals surface area contributed by atoms with Crippen LogP contribution in [0.25, 0.3) is 0 Å². The average molecular weight is 354 g/mol. The summed E-state index contributed by atoms with van der Waals surface area (Å²) in [6.45, 7) is 5.24. The lowest BCUT2D eigenvalue weighted by Gasteiger charge is -2.33. The van der Waals surface area contributed by atoms with Crippen molar-refractivity contribution >= 4 is 21.9 Å². The summed E-state index contributed by atoms with van der Waals surface area (Å²) in [5, 5.41) is 0.942. The lowest BCUT2D eigenvalue weighted by atomic mass is 9.95. The van der Waals surface area contributed by atoms with Gasteiger partial charge in [-0.25, -0.2) is 0 Å². The third kappa shape index (κ3) is 4.82. The van der Waals surface area contributed by atoms with Gasteiger partial charge in [0, 0.05) is 24.3 Å². The summed E-state index contributed by atoms with van der Waals surface area (Å²) in [7, 11) is 0. The number of carbonyl (C=O) groups excluding carboxylic acids is 1. The smallest absolute Gasteiger partial charge is 0.310 e. The maximum atomic E-state index is 11.9. The number of benzene rings is 1. The van der Waals surface area contributed by atoms with Gasteiger partial charge in [-0.1, -0.05) is 46.3 Å². The van der Waals surface area contributed by atoms with Crippen molar-refractivity contribution in [3.8, 4) is 0 Å². The molecule has 4 heteroatoms. The number of hydrogen-bond acceptors (Lipinski definition) is 3. The van der Waals surface area contributed by atoms with Crippen LogP contribution in [0, 0.1) is 5.92 Å².